The molecule has 0 atom stereocenters. The van der Waals surface area contributed by atoms with Gasteiger partial charge in [-0.1, -0.05) is 6.07 Å². The number of Topliss-reactive ketones (excluding diaryl/α,β-unsaturated/α-hetero) is 1. The smallest absolute Gasteiger partial charge is 0.229 e. The van der Waals surface area contributed by atoms with Gasteiger partial charge in [0.1, 0.15) is 5.82 Å². The first kappa shape index (κ1) is 17.1. The Kier molecular flexibility index (Phi) is 5.09. The first-order chi connectivity index (χ1) is 12.0. The van der Waals surface area contributed by atoms with Gasteiger partial charge in [0.15, 0.2) is 5.78 Å². The molecule has 126 valence electrons. The second kappa shape index (κ2) is 7.44. The first-order valence-corrected chi connectivity index (χ1v) is 8.55. The van der Waals surface area contributed by atoms with Crippen molar-refractivity contribution in [2.24, 2.45) is 0 Å². The van der Waals surface area contributed by atoms with Crippen molar-refractivity contribution in [3.8, 4) is 0 Å². The van der Waals surface area contributed by atoms with Gasteiger partial charge in [0.25, 0.3) is 0 Å². The summed E-state index contributed by atoms with van der Waals surface area (Å²) in [6, 6.07) is 15.1. The zero-order valence-electron chi connectivity index (χ0n) is 13.9. The van der Waals surface area contributed by atoms with E-state index in [-0.39, 0.29) is 5.78 Å². The summed E-state index contributed by atoms with van der Waals surface area (Å²) in [5.74, 6) is 1.20. The summed E-state index contributed by atoms with van der Waals surface area (Å²) >= 11 is 3.55. The van der Waals surface area contributed by atoms with Gasteiger partial charge in [-0.3, -0.25) is 4.79 Å². The Balaban J connectivity index is 1.76. The second-order valence-electron chi connectivity index (χ2n) is 5.63. The number of aromatic nitrogens is 2. The summed E-state index contributed by atoms with van der Waals surface area (Å²) < 4.78 is 0.973. The normalized spacial score (nSPS) is 10.4. The third kappa shape index (κ3) is 4.42. The van der Waals surface area contributed by atoms with Gasteiger partial charge >= 0.3 is 0 Å². The van der Waals surface area contributed by atoms with Gasteiger partial charge in [-0.15, -0.1) is 0 Å². The molecule has 0 fully saturated rings. The van der Waals surface area contributed by atoms with Crippen molar-refractivity contribution >= 4 is 44.9 Å². The van der Waals surface area contributed by atoms with Gasteiger partial charge in [0.05, 0.1) is 5.69 Å². The number of ketones is 1. The average Bonchev–Trinajstić information content (AvgIpc) is 2.58. The molecular weight excluding hydrogens is 380 g/mol. The lowest BCUT2D eigenvalue weighted by Gasteiger charge is -2.10. The second-order valence-corrected chi connectivity index (χ2v) is 6.49. The molecule has 0 aliphatic rings. The van der Waals surface area contributed by atoms with Crippen molar-refractivity contribution in [1.29, 1.82) is 0 Å². The Labute approximate surface area is 154 Å². The molecule has 0 spiro atoms. The number of carbonyl (C=O) groups excluding carboxylic acids is 1. The number of hydrogen-bond donors (Lipinski definition) is 2. The van der Waals surface area contributed by atoms with Crippen LogP contribution in [0.15, 0.2) is 59.2 Å². The van der Waals surface area contributed by atoms with E-state index in [2.05, 4.69) is 36.5 Å². The van der Waals surface area contributed by atoms with Crippen LogP contribution in [-0.4, -0.2) is 15.8 Å². The van der Waals surface area contributed by atoms with Crippen molar-refractivity contribution in [3.63, 3.8) is 0 Å². The van der Waals surface area contributed by atoms with E-state index in [9.17, 15) is 4.79 Å². The fourth-order valence-corrected chi connectivity index (χ4v) is 2.86. The number of anilines is 4. The van der Waals surface area contributed by atoms with Crippen molar-refractivity contribution in [2.45, 2.75) is 13.8 Å². The molecule has 0 amide bonds. The van der Waals surface area contributed by atoms with Crippen LogP contribution in [0.5, 0.6) is 0 Å². The Bertz CT molecular complexity index is 910. The first-order valence-electron chi connectivity index (χ1n) is 7.75. The number of halogens is 1. The summed E-state index contributed by atoms with van der Waals surface area (Å²) in [4.78, 5) is 20.0. The fourth-order valence-electron chi connectivity index (χ4n) is 2.27. The van der Waals surface area contributed by atoms with Crippen LogP contribution < -0.4 is 10.6 Å². The lowest BCUT2D eigenvalue weighted by Crippen LogP contribution is -2.01. The van der Waals surface area contributed by atoms with E-state index in [1.54, 1.807) is 31.3 Å². The van der Waals surface area contributed by atoms with Crippen LogP contribution in [0, 0.1) is 6.92 Å². The number of aryl methyl sites for hydroxylation is 1. The SMILES string of the molecule is CC(=O)c1ccc(Nc2nccc(Nc3ccc(C)cc3Br)n2)cc1. The van der Waals surface area contributed by atoms with Crippen molar-refractivity contribution < 1.29 is 4.79 Å². The lowest BCUT2D eigenvalue weighted by atomic mass is 10.1. The molecule has 0 bridgehead atoms. The molecule has 2 N–H and O–H groups in total. The largest absolute Gasteiger partial charge is 0.339 e. The molecule has 25 heavy (non-hydrogen) atoms. The van der Waals surface area contributed by atoms with Gasteiger partial charge in [0.2, 0.25) is 5.95 Å². The minimum Gasteiger partial charge on any atom is -0.339 e. The molecule has 2 aromatic carbocycles. The Hall–Kier alpha value is -2.73. The van der Waals surface area contributed by atoms with Crippen LogP contribution in [0.3, 0.4) is 0 Å². The van der Waals surface area contributed by atoms with Gasteiger partial charge in [-0.2, -0.15) is 4.98 Å². The van der Waals surface area contributed by atoms with E-state index in [4.69, 9.17) is 0 Å². The number of benzene rings is 2. The van der Waals surface area contributed by atoms with Gasteiger partial charge < -0.3 is 10.6 Å². The van der Waals surface area contributed by atoms with E-state index >= 15 is 0 Å². The summed E-state index contributed by atoms with van der Waals surface area (Å²) in [6.45, 7) is 3.59. The molecule has 3 rings (SSSR count). The molecule has 1 aromatic heterocycles. The Morgan fingerprint density at radius 2 is 1.80 bits per heavy atom. The molecule has 0 saturated heterocycles. The highest BCUT2D eigenvalue weighted by molar-refractivity contribution is 9.10. The molecule has 0 aliphatic carbocycles. The van der Waals surface area contributed by atoms with Crippen LogP contribution in [0.2, 0.25) is 0 Å². The quantitative estimate of drug-likeness (QED) is 0.577. The van der Waals surface area contributed by atoms with E-state index in [0.717, 1.165) is 15.8 Å². The number of rotatable bonds is 5. The highest BCUT2D eigenvalue weighted by Crippen LogP contribution is 2.26. The predicted octanol–water partition coefficient (Wildman–Crippen LogP) is 5.24. The maximum Gasteiger partial charge on any atom is 0.229 e. The van der Waals surface area contributed by atoms with Crippen LogP contribution >= 0.6 is 15.9 Å². The van der Waals surface area contributed by atoms with Crippen LogP contribution in [-0.2, 0) is 0 Å². The molecule has 0 saturated carbocycles. The molecule has 6 heteroatoms. The minimum atomic E-state index is 0.0395. The van der Waals surface area contributed by atoms with Crippen LogP contribution in [0.4, 0.5) is 23.1 Å². The Morgan fingerprint density at radius 3 is 2.48 bits per heavy atom. The third-order valence-corrected chi connectivity index (χ3v) is 4.25. The predicted molar refractivity (Wildman–Crippen MR) is 104 cm³/mol. The standard InChI is InChI=1S/C19H17BrN4O/c1-12-3-8-17(16(20)11-12)23-18-9-10-21-19(24-18)22-15-6-4-14(5-7-15)13(2)25/h3-11H,1-2H3,(H2,21,22,23,24). The maximum absolute atomic E-state index is 11.3. The van der Waals surface area contributed by atoms with E-state index in [0.29, 0.717) is 17.3 Å². The van der Waals surface area contributed by atoms with Crippen molar-refractivity contribution in [1.82, 2.24) is 9.97 Å². The zero-order valence-corrected chi connectivity index (χ0v) is 15.5. The number of nitrogens with zero attached hydrogens (tertiary/aromatic N) is 2. The van der Waals surface area contributed by atoms with E-state index in [1.807, 2.05) is 37.3 Å². The Morgan fingerprint density at radius 1 is 1.04 bits per heavy atom. The lowest BCUT2D eigenvalue weighted by molar-refractivity contribution is 0.101. The van der Waals surface area contributed by atoms with Crippen molar-refractivity contribution in [3.05, 3.63) is 70.3 Å². The summed E-state index contributed by atoms with van der Waals surface area (Å²) in [5, 5.41) is 6.40. The van der Waals surface area contributed by atoms with Gasteiger partial charge in [-0.05, 0) is 77.8 Å². The van der Waals surface area contributed by atoms with Crippen molar-refractivity contribution in [2.75, 3.05) is 10.6 Å². The van der Waals surface area contributed by atoms with E-state index in [1.165, 1.54) is 5.56 Å². The third-order valence-electron chi connectivity index (χ3n) is 3.59. The number of hydrogen-bond acceptors (Lipinski definition) is 5. The highest BCUT2D eigenvalue weighted by Gasteiger charge is 2.05. The topological polar surface area (TPSA) is 66.9 Å². The number of carbonyl (C=O) groups is 1. The van der Waals surface area contributed by atoms with Crippen LogP contribution in [0.25, 0.3) is 0 Å². The molecule has 5 nitrogen and oxygen atoms in total. The van der Waals surface area contributed by atoms with E-state index < -0.39 is 0 Å². The zero-order chi connectivity index (χ0) is 17.8. The fraction of sp³-hybridized carbons (Fsp3) is 0.105. The minimum absolute atomic E-state index is 0.0395. The highest BCUT2D eigenvalue weighted by atomic mass is 79.9. The summed E-state index contributed by atoms with van der Waals surface area (Å²) in [6.07, 6.45) is 1.68. The van der Waals surface area contributed by atoms with Gasteiger partial charge in [0, 0.05) is 21.9 Å². The van der Waals surface area contributed by atoms with Gasteiger partial charge in [-0.25, -0.2) is 4.98 Å². The number of nitrogens with one attached hydrogen (secondary N) is 2. The molecular formula is C19H17BrN4O. The molecule has 3 aromatic rings. The van der Waals surface area contributed by atoms with Crippen LogP contribution in [0.1, 0.15) is 22.8 Å². The molecule has 0 unspecified atom stereocenters. The summed E-state index contributed by atoms with van der Waals surface area (Å²) in [5.41, 5.74) is 3.60. The maximum atomic E-state index is 11.3. The monoisotopic (exact) mass is 396 g/mol. The molecule has 1 heterocycles. The summed E-state index contributed by atoms with van der Waals surface area (Å²) in [7, 11) is 0. The average molecular weight is 397 g/mol. The molecule has 0 radical (unpaired) electrons. The molecule has 0 aliphatic heterocycles.